The zero-order valence-electron chi connectivity index (χ0n) is 11.1. The Morgan fingerprint density at radius 3 is 2.45 bits per heavy atom. The lowest BCUT2D eigenvalue weighted by atomic mass is 10.2. The highest BCUT2D eigenvalue weighted by molar-refractivity contribution is 5.85. The molecule has 1 aromatic rings. The number of amides is 1. The Balaban J connectivity index is 0.00000200. The predicted octanol–water partition coefficient (Wildman–Crippen LogP) is 1.27. The van der Waals surface area contributed by atoms with Crippen molar-refractivity contribution in [1.29, 1.82) is 0 Å². The van der Waals surface area contributed by atoms with Crippen LogP contribution in [0.15, 0.2) is 30.3 Å². The minimum absolute atomic E-state index is 0. The third kappa shape index (κ3) is 5.59. The van der Waals surface area contributed by atoms with Crippen LogP contribution in [-0.2, 0) is 16.1 Å². The Morgan fingerprint density at radius 2 is 1.90 bits per heavy atom. The number of halogens is 1. The summed E-state index contributed by atoms with van der Waals surface area (Å²) in [5, 5.41) is 10.9. The molecule has 1 fully saturated rings. The number of carbonyl (C=O) groups is 2. The van der Waals surface area contributed by atoms with Crippen molar-refractivity contribution in [3.63, 3.8) is 0 Å². The number of benzene rings is 1. The molecule has 0 unspecified atom stereocenters. The summed E-state index contributed by atoms with van der Waals surface area (Å²) in [5.74, 6) is -1.25. The average molecular weight is 299 g/mol. The Bertz CT molecular complexity index is 449. The highest BCUT2D eigenvalue weighted by Crippen LogP contribution is 2.27. The van der Waals surface area contributed by atoms with Gasteiger partial charge in [-0.05, 0) is 18.4 Å². The minimum Gasteiger partial charge on any atom is -0.480 e. The number of hydrogen-bond donors (Lipinski definition) is 2. The molecule has 1 amide bonds. The van der Waals surface area contributed by atoms with Crippen LogP contribution in [0.1, 0.15) is 18.4 Å². The number of carbonyl (C=O) groups excluding carboxylic acids is 1. The third-order valence-electron chi connectivity index (χ3n) is 3.08. The molecule has 0 spiro atoms. The lowest BCUT2D eigenvalue weighted by Gasteiger charge is -2.21. The smallest absolute Gasteiger partial charge is 0.322 e. The van der Waals surface area contributed by atoms with Crippen molar-refractivity contribution in [3.05, 3.63) is 35.9 Å². The lowest BCUT2D eigenvalue weighted by molar-refractivity contribution is -0.138. The molecule has 5 nitrogen and oxygen atoms in total. The molecule has 110 valence electrons. The van der Waals surface area contributed by atoms with Crippen molar-refractivity contribution < 1.29 is 14.7 Å². The fraction of sp³-hybridized carbons (Fsp3) is 0.429. The summed E-state index contributed by atoms with van der Waals surface area (Å²) in [4.78, 5) is 24.2. The van der Waals surface area contributed by atoms with Crippen LogP contribution < -0.4 is 5.32 Å². The van der Waals surface area contributed by atoms with E-state index in [2.05, 4.69) is 10.2 Å². The van der Waals surface area contributed by atoms with Crippen LogP contribution in [0.3, 0.4) is 0 Å². The molecule has 0 aliphatic heterocycles. The van der Waals surface area contributed by atoms with Gasteiger partial charge in [-0.3, -0.25) is 14.5 Å². The summed E-state index contributed by atoms with van der Waals surface area (Å²) in [5.41, 5.74) is 1.17. The van der Waals surface area contributed by atoms with E-state index in [0.717, 1.165) is 19.4 Å². The average Bonchev–Trinajstić information content (AvgIpc) is 3.21. The van der Waals surface area contributed by atoms with E-state index in [0.29, 0.717) is 6.04 Å². The van der Waals surface area contributed by atoms with Crippen LogP contribution in [0.25, 0.3) is 0 Å². The van der Waals surface area contributed by atoms with Gasteiger partial charge in [0.2, 0.25) is 5.91 Å². The number of rotatable bonds is 7. The van der Waals surface area contributed by atoms with Gasteiger partial charge in [0.25, 0.3) is 0 Å². The van der Waals surface area contributed by atoms with E-state index in [4.69, 9.17) is 5.11 Å². The topological polar surface area (TPSA) is 69.6 Å². The second kappa shape index (κ2) is 7.87. The second-order valence-electron chi connectivity index (χ2n) is 4.79. The summed E-state index contributed by atoms with van der Waals surface area (Å²) in [6.07, 6.45) is 2.22. The molecule has 6 heteroatoms. The Morgan fingerprint density at radius 1 is 1.25 bits per heavy atom. The van der Waals surface area contributed by atoms with Crippen LogP contribution in [0, 0.1) is 0 Å². The first-order valence-electron chi connectivity index (χ1n) is 6.41. The molecule has 2 rings (SSSR count). The first kappa shape index (κ1) is 16.5. The highest BCUT2D eigenvalue weighted by Gasteiger charge is 2.30. The molecule has 2 N–H and O–H groups in total. The van der Waals surface area contributed by atoms with Gasteiger partial charge in [0.1, 0.15) is 6.54 Å². The summed E-state index contributed by atoms with van der Waals surface area (Å²) >= 11 is 0. The highest BCUT2D eigenvalue weighted by atomic mass is 35.5. The van der Waals surface area contributed by atoms with Crippen LogP contribution in [-0.4, -0.2) is 41.0 Å². The Kier molecular flexibility index (Phi) is 6.48. The molecule has 0 atom stereocenters. The lowest BCUT2D eigenvalue weighted by Crippen LogP contribution is -2.39. The molecule has 0 bridgehead atoms. The fourth-order valence-corrected chi connectivity index (χ4v) is 1.99. The number of hydrogen-bond acceptors (Lipinski definition) is 3. The fourth-order valence-electron chi connectivity index (χ4n) is 1.99. The largest absolute Gasteiger partial charge is 0.480 e. The van der Waals surface area contributed by atoms with Gasteiger partial charge < -0.3 is 10.4 Å². The number of carboxylic acid groups (broad SMARTS) is 1. The quantitative estimate of drug-likeness (QED) is 0.795. The van der Waals surface area contributed by atoms with E-state index in [9.17, 15) is 9.59 Å². The maximum atomic E-state index is 11.7. The number of nitrogens with one attached hydrogen (secondary N) is 1. The van der Waals surface area contributed by atoms with Crippen LogP contribution in [0.4, 0.5) is 0 Å². The van der Waals surface area contributed by atoms with Crippen LogP contribution in [0.2, 0.25) is 0 Å². The van der Waals surface area contributed by atoms with E-state index in [1.165, 1.54) is 5.56 Å². The molecule has 1 aliphatic carbocycles. The van der Waals surface area contributed by atoms with Gasteiger partial charge >= 0.3 is 5.97 Å². The maximum Gasteiger partial charge on any atom is 0.322 e. The first-order valence-corrected chi connectivity index (χ1v) is 6.41. The maximum absolute atomic E-state index is 11.7. The van der Waals surface area contributed by atoms with E-state index in [1.807, 2.05) is 30.3 Å². The van der Waals surface area contributed by atoms with Gasteiger partial charge in [0.05, 0.1) is 6.54 Å². The van der Waals surface area contributed by atoms with Crippen molar-refractivity contribution in [2.45, 2.75) is 25.4 Å². The monoisotopic (exact) mass is 298 g/mol. The van der Waals surface area contributed by atoms with Gasteiger partial charge in [-0.25, -0.2) is 0 Å². The predicted molar refractivity (Wildman–Crippen MR) is 77.8 cm³/mol. The Labute approximate surface area is 124 Å². The van der Waals surface area contributed by atoms with Crippen LogP contribution in [0.5, 0.6) is 0 Å². The molecular formula is C14H19ClN2O3. The molecule has 0 radical (unpaired) electrons. The molecule has 1 aliphatic rings. The molecule has 1 saturated carbocycles. The zero-order valence-corrected chi connectivity index (χ0v) is 11.9. The molecule has 0 saturated heterocycles. The second-order valence-corrected chi connectivity index (χ2v) is 4.79. The van der Waals surface area contributed by atoms with Crippen molar-refractivity contribution in [2.75, 3.05) is 13.1 Å². The molecular weight excluding hydrogens is 280 g/mol. The standard InChI is InChI=1S/C14H18N2O3.ClH/c17-13(15-8-14(18)19)10-16(12-6-7-12)9-11-4-2-1-3-5-11;/h1-5,12H,6-10H2,(H,15,17)(H,18,19);1H. The summed E-state index contributed by atoms with van der Waals surface area (Å²) in [6, 6.07) is 10.4. The van der Waals surface area contributed by atoms with E-state index in [-0.39, 0.29) is 31.4 Å². The van der Waals surface area contributed by atoms with E-state index >= 15 is 0 Å². The van der Waals surface area contributed by atoms with Crippen molar-refractivity contribution >= 4 is 24.3 Å². The van der Waals surface area contributed by atoms with Gasteiger partial charge in [-0.2, -0.15) is 0 Å². The normalized spacial score (nSPS) is 13.7. The van der Waals surface area contributed by atoms with Crippen molar-refractivity contribution in [2.24, 2.45) is 0 Å². The van der Waals surface area contributed by atoms with Crippen molar-refractivity contribution in [1.82, 2.24) is 10.2 Å². The van der Waals surface area contributed by atoms with Crippen molar-refractivity contribution in [3.8, 4) is 0 Å². The summed E-state index contributed by atoms with van der Waals surface area (Å²) in [7, 11) is 0. The number of nitrogens with zero attached hydrogens (tertiary/aromatic N) is 1. The zero-order chi connectivity index (χ0) is 13.7. The minimum atomic E-state index is -1.02. The van der Waals surface area contributed by atoms with Gasteiger partial charge in [0.15, 0.2) is 0 Å². The van der Waals surface area contributed by atoms with Crippen LogP contribution >= 0.6 is 12.4 Å². The summed E-state index contributed by atoms with van der Waals surface area (Å²) in [6.45, 7) is 0.668. The summed E-state index contributed by atoms with van der Waals surface area (Å²) < 4.78 is 0. The third-order valence-corrected chi connectivity index (χ3v) is 3.08. The van der Waals surface area contributed by atoms with E-state index in [1.54, 1.807) is 0 Å². The Hall–Kier alpha value is -1.59. The number of aliphatic carboxylic acids is 1. The molecule has 1 aromatic carbocycles. The number of carboxylic acids is 1. The van der Waals surface area contributed by atoms with Gasteiger partial charge in [-0.15, -0.1) is 12.4 Å². The van der Waals surface area contributed by atoms with Gasteiger partial charge in [-0.1, -0.05) is 30.3 Å². The molecule has 0 heterocycles. The molecule has 0 aromatic heterocycles. The van der Waals surface area contributed by atoms with E-state index < -0.39 is 5.97 Å². The van der Waals surface area contributed by atoms with Gasteiger partial charge in [0, 0.05) is 12.6 Å². The molecule has 20 heavy (non-hydrogen) atoms. The SMILES string of the molecule is Cl.O=C(O)CNC(=O)CN(Cc1ccccc1)C1CC1. The first-order chi connectivity index (χ1) is 9.15.